The lowest BCUT2D eigenvalue weighted by Crippen LogP contribution is -2.75. The molecule has 0 amide bonds. The van der Waals surface area contributed by atoms with Crippen LogP contribution in [0.4, 0.5) is 0 Å². The topological polar surface area (TPSA) is 89.2 Å². The molecule has 4 aliphatic rings. The average Bonchev–Trinajstić information content (AvgIpc) is 3.48. The molecule has 7 heteroatoms. The lowest BCUT2D eigenvalue weighted by molar-refractivity contribution is -0.140. The molecule has 4 saturated carbocycles. The van der Waals surface area contributed by atoms with Crippen molar-refractivity contribution in [1.29, 1.82) is 0 Å². The molecule has 6 atom stereocenters. The molecule has 6 unspecified atom stereocenters. The fraction of sp³-hybridized carbons (Fsp3) is 0.952. The Kier molecular flexibility index (Phi) is 4.97. The van der Waals surface area contributed by atoms with Crippen molar-refractivity contribution in [2.45, 2.75) is 60.9 Å². The molecule has 4 aliphatic carbocycles. The molecule has 0 aromatic heterocycles. The maximum atomic E-state index is 14.6. The van der Waals surface area contributed by atoms with E-state index >= 15 is 0 Å². The molecule has 0 aliphatic heterocycles. The Morgan fingerprint density at radius 3 is 1.29 bits per heavy atom. The van der Waals surface area contributed by atoms with Gasteiger partial charge in [0.05, 0.1) is 23.2 Å². The standard InChI is InChI=1S/C21H40N6O/c1-22-18-9-7-13(11-18)20(24-3,25-4)16(18)15(28)17-19(23-2)10-8-14(12-19)21(17,26-5)27-6/h13-14,16-17,22-27H,7-12H2,1-6H3. The van der Waals surface area contributed by atoms with Gasteiger partial charge in [0.25, 0.3) is 0 Å². The fourth-order valence-electron chi connectivity index (χ4n) is 8.34. The van der Waals surface area contributed by atoms with Crippen LogP contribution in [0.25, 0.3) is 0 Å². The van der Waals surface area contributed by atoms with Crippen molar-refractivity contribution in [2.75, 3.05) is 42.3 Å². The number of nitrogens with one attached hydrogen (secondary N) is 6. The predicted molar refractivity (Wildman–Crippen MR) is 112 cm³/mol. The Labute approximate surface area is 169 Å². The fourth-order valence-corrected chi connectivity index (χ4v) is 8.34. The van der Waals surface area contributed by atoms with E-state index in [4.69, 9.17) is 0 Å². The number of fused-ring (bicyclic) bond motifs is 4. The van der Waals surface area contributed by atoms with Crippen LogP contribution in [0.1, 0.15) is 38.5 Å². The van der Waals surface area contributed by atoms with Crippen molar-refractivity contribution in [2.24, 2.45) is 23.7 Å². The molecule has 28 heavy (non-hydrogen) atoms. The Hall–Kier alpha value is -0.570. The Balaban J connectivity index is 1.82. The SMILES string of the molecule is CNC12CCC(C1)C(NC)(NC)C2C(=O)C1C2(NC)CCC(C2)C1(NC)NC. The van der Waals surface area contributed by atoms with Crippen LogP contribution in [0.5, 0.6) is 0 Å². The number of carbonyl (C=O) groups is 1. The number of hydrogen-bond acceptors (Lipinski definition) is 7. The number of ketones is 1. The lowest BCUT2D eigenvalue weighted by Gasteiger charge is -2.53. The second-order valence-electron chi connectivity index (χ2n) is 9.70. The van der Waals surface area contributed by atoms with Gasteiger partial charge in [-0.05, 0) is 92.6 Å². The van der Waals surface area contributed by atoms with Crippen LogP contribution >= 0.6 is 0 Å². The van der Waals surface area contributed by atoms with Gasteiger partial charge in [-0.2, -0.15) is 0 Å². The Bertz CT molecular complexity index is 580. The van der Waals surface area contributed by atoms with Crippen molar-refractivity contribution >= 4 is 5.78 Å². The summed E-state index contributed by atoms with van der Waals surface area (Å²) in [5, 5.41) is 21.6. The summed E-state index contributed by atoms with van der Waals surface area (Å²) in [6.07, 6.45) is 6.56. The van der Waals surface area contributed by atoms with Crippen LogP contribution in [-0.2, 0) is 4.79 Å². The van der Waals surface area contributed by atoms with E-state index in [1.165, 1.54) is 0 Å². The van der Waals surface area contributed by atoms with E-state index in [2.05, 4.69) is 31.9 Å². The third-order valence-corrected chi connectivity index (χ3v) is 9.62. The Morgan fingerprint density at radius 1 is 0.643 bits per heavy atom. The van der Waals surface area contributed by atoms with Crippen molar-refractivity contribution in [3.8, 4) is 0 Å². The quantitative estimate of drug-likeness (QED) is 0.313. The summed E-state index contributed by atoms with van der Waals surface area (Å²) in [5.74, 6) is 1.11. The molecule has 4 bridgehead atoms. The highest BCUT2D eigenvalue weighted by molar-refractivity contribution is 5.90. The molecular formula is C21H40N6O. The van der Waals surface area contributed by atoms with Gasteiger partial charge in [-0.15, -0.1) is 0 Å². The van der Waals surface area contributed by atoms with E-state index in [9.17, 15) is 4.79 Å². The van der Waals surface area contributed by atoms with Crippen LogP contribution in [0.15, 0.2) is 0 Å². The number of Topliss-reactive ketones (excluding diaryl/α,β-unsaturated/α-hetero) is 1. The summed E-state index contributed by atoms with van der Waals surface area (Å²) >= 11 is 0. The van der Waals surface area contributed by atoms with E-state index in [0.29, 0.717) is 17.6 Å². The van der Waals surface area contributed by atoms with Crippen LogP contribution in [-0.4, -0.2) is 70.5 Å². The van der Waals surface area contributed by atoms with Crippen molar-refractivity contribution in [3.63, 3.8) is 0 Å². The van der Waals surface area contributed by atoms with Gasteiger partial charge >= 0.3 is 0 Å². The molecule has 6 N–H and O–H groups in total. The van der Waals surface area contributed by atoms with Gasteiger partial charge in [-0.25, -0.2) is 0 Å². The van der Waals surface area contributed by atoms with Crippen LogP contribution in [0, 0.1) is 23.7 Å². The summed E-state index contributed by atoms with van der Waals surface area (Å²) in [7, 11) is 12.1. The average molecular weight is 393 g/mol. The van der Waals surface area contributed by atoms with Crippen LogP contribution in [0.3, 0.4) is 0 Å². The summed E-state index contributed by atoms with van der Waals surface area (Å²) < 4.78 is 0. The molecular weight excluding hydrogens is 352 g/mol. The van der Waals surface area contributed by atoms with E-state index in [0.717, 1.165) is 38.5 Å². The molecule has 0 radical (unpaired) electrons. The monoisotopic (exact) mass is 392 g/mol. The van der Waals surface area contributed by atoms with Crippen molar-refractivity contribution < 1.29 is 4.79 Å². The lowest BCUT2D eigenvalue weighted by atomic mass is 9.63. The van der Waals surface area contributed by atoms with Gasteiger partial charge in [0, 0.05) is 11.1 Å². The van der Waals surface area contributed by atoms with Gasteiger partial charge < -0.3 is 31.9 Å². The van der Waals surface area contributed by atoms with Gasteiger partial charge in [0.1, 0.15) is 5.78 Å². The zero-order valence-electron chi connectivity index (χ0n) is 18.5. The first kappa shape index (κ1) is 20.7. The predicted octanol–water partition coefficient (Wildman–Crippen LogP) is -0.398. The van der Waals surface area contributed by atoms with Crippen molar-refractivity contribution in [3.05, 3.63) is 0 Å². The van der Waals surface area contributed by atoms with Gasteiger partial charge in [-0.3, -0.25) is 4.79 Å². The zero-order valence-corrected chi connectivity index (χ0v) is 18.5. The molecule has 4 rings (SSSR count). The third kappa shape index (κ3) is 2.18. The smallest absolute Gasteiger partial charge is 0.149 e. The second-order valence-corrected chi connectivity index (χ2v) is 9.70. The van der Waals surface area contributed by atoms with E-state index in [-0.39, 0.29) is 34.2 Å². The van der Waals surface area contributed by atoms with E-state index in [1.807, 2.05) is 42.3 Å². The van der Waals surface area contributed by atoms with Gasteiger partial charge in [0.15, 0.2) is 0 Å². The van der Waals surface area contributed by atoms with Crippen LogP contribution in [0.2, 0.25) is 0 Å². The van der Waals surface area contributed by atoms with Crippen molar-refractivity contribution in [1.82, 2.24) is 31.9 Å². The molecule has 160 valence electrons. The number of rotatable bonds is 8. The molecule has 0 spiro atoms. The summed E-state index contributed by atoms with van der Waals surface area (Å²) in [6.45, 7) is 0. The summed E-state index contributed by atoms with van der Waals surface area (Å²) in [5.41, 5.74) is -0.944. The minimum atomic E-state index is -0.345. The Morgan fingerprint density at radius 2 is 1.00 bits per heavy atom. The first-order valence-corrected chi connectivity index (χ1v) is 11.1. The van der Waals surface area contributed by atoms with Gasteiger partial charge in [0.2, 0.25) is 0 Å². The summed E-state index contributed by atoms with van der Waals surface area (Å²) in [6, 6.07) is 0. The first-order valence-electron chi connectivity index (χ1n) is 11.1. The second kappa shape index (κ2) is 6.72. The normalized spacial score (nSPS) is 45.1. The third-order valence-electron chi connectivity index (χ3n) is 9.62. The highest BCUT2D eigenvalue weighted by atomic mass is 16.1. The summed E-state index contributed by atoms with van der Waals surface area (Å²) in [4.78, 5) is 14.6. The maximum Gasteiger partial charge on any atom is 0.149 e. The zero-order chi connectivity index (χ0) is 20.4. The van der Waals surface area contributed by atoms with Gasteiger partial charge in [-0.1, -0.05) is 0 Å². The maximum absolute atomic E-state index is 14.6. The molecule has 0 aromatic carbocycles. The minimum absolute atomic E-state index is 0.102. The molecule has 4 fully saturated rings. The minimum Gasteiger partial charge on any atom is -0.313 e. The highest BCUT2D eigenvalue weighted by Crippen LogP contribution is 2.61. The highest BCUT2D eigenvalue weighted by Gasteiger charge is 2.73. The van der Waals surface area contributed by atoms with E-state index < -0.39 is 0 Å². The van der Waals surface area contributed by atoms with E-state index in [1.54, 1.807) is 0 Å². The largest absolute Gasteiger partial charge is 0.313 e. The number of hydrogen-bond donors (Lipinski definition) is 6. The molecule has 0 saturated heterocycles. The van der Waals surface area contributed by atoms with Crippen LogP contribution < -0.4 is 31.9 Å². The first-order chi connectivity index (χ1) is 13.4. The molecule has 7 nitrogen and oxygen atoms in total. The number of carbonyl (C=O) groups excluding carboxylic acids is 1. The molecule has 0 heterocycles. The molecule has 0 aromatic rings.